The molecule has 2 aromatic rings. The summed E-state index contributed by atoms with van der Waals surface area (Å²) >= 11 is 0. The van der Waals surface area contributed by atoms with Gasteiger partial charge in [-0.1, -0.05) is 13.8 Å². The van der Waals surface area contributed by atoms with Crippen LogP contribution in [-0.4, -0.2) is 81.7 Å². The number of carbonyl (C=O) groups is 1. The lowest BCUT2D eigenvalue weighted by atomic mass is 10.1. The molecule has 7 nitrogen and oxygen atoms in total. The van der Waals surface area contributed by atoms with Crippen molar-refractivity contribution in [3.8, 4) is 5.69 Å². The molecule has 0 fully saturated rings. The SMILES string of the molecule is CCN(CC)CCN(C)C(=O)CN1CCc2nn(-c3ccnc(C)c3)cc2C1. The molecule has 0 aliphatic carbocycles. The largest absolute Gasteiger partial charge is 0.343 e. The predicted octanol–water partition coefficient (Wildman–Crippen LogP) is 1.73. The van der Waals surface area contributed by atoms with Gasteiger partial charge in [-0.3, -0.25) is 14.7 Å². The van der Waals surface area contributed by atoms with Gasteiger partial charge in [0.2, 0.25) is 5.91 Å². The fraction of sp³-hybridized carbons (Fsp3) is 0.571. The second-order valence-electron chi connectivity index (χ2n) is 7.50. The summed E-state index contributed by atoms with van der Waals surface area (Å²) in [6.45, 7) is 12.2. The van der Waals surface area contributed by atoms with Crippen molar-refractivity contribution >= 4 is 5.91 Å². The molecule has 1 aliphatic heterocycles. The van der Waals surface area contributed by atoms with Crippen molar-refractivity contribution in [2.45, 2.75) is 33.7 Å². The predicted molar refractivity (Wildman–Crippen MR) is 111 cm³/mol. The number of carbonyl (C=O) groups excluding carboxylic acids is 1. The van der Waals surface area contributed by atoms with Crippen LogP contribution in [-0.2, 0) is 17.8 Å². The Morgan fingerprint density at radius 3 is 2.75 bits per heavy atom. The highest BCUT2D eigenvalue weighted by Crippen LogP contribution is 2.20. The van der Waals surface area contributed by atoms with Gasteiger partial charge in [0.15, 0.2) is 0 Å². The van der Waals surface area contributed by atoms with E-state index in [1.54, 1.807) is 0 Å². The highest BCUT2D eigenvalue weighted by atomic mass is 16.2. The molecule has 152 valence electrons. The Labute approximate surface area is 167 Å². The number of amides is 1. The summed E-state index contributed by atoms with van der Waals surface area (Å²) in [6, 6.07) is 4.00. The van der Waals surface area contributed by atoms with Crippen LogP contribution in [0.15, 0.2) is 24.5 Å². The highest BCUT2D eigenvalue weighted by Gasteiger charge is 2.23. The Morgan fingerprint density at radius 2 is 2.04 bits per heavy atom. The van der Waals surface area contributed by atoms with E-state index >= 15 is 0 Å². The average molecular weight is 385 g/mol. The second kappa shape index (κ2) is 9.30. The van der Waals surface area contributed by atoms with E-state index in [0.29, 0.717) is 6.54 Å². The summed E-state index contributed by atoms with van der Waals surface area (Å²) in [6.07, 6.45) is 4.78. The average Bonchev–Trinajstić information content (AvgIpc) is 3.12. The summed E-state index contributed by atoms with van der Waals surface area (Å²) < 4.78 is 1.93. The fourth-order valence-corrected chi connectivity index (χ4v) is 3.58. The number of nitrogens with zero attached hydrogens (tertiary/aromatic N) is 6. The third-order valence-electron chi connectivity index (χ3n) is 5.51. The monoisotopic (exact) mass is 384 g/mol. The van der Waals surface area contributed by atoms with E-state index in [9.17, 15) is 4.79 Å². The van der Waals surface area contributed by atoms with Crippen molar-refractivity contribution < 1.29 is 4.79 Å². The van der Waals surface area contributed by atoms with Gasteiger partial charge in [-0.15, -0.1) is 0 Å². The minimum absolute atomic E-state index is 0.188. The molecule has 0 unspecified atom stereocenters. The number of aromatic nitrogens is 3. The van der Waals surface area contributed by atoms with E-state index in [-0.39, 0.29) is 5.91 Å². The molecule has 0 N–H and O–H groups in total. The summed E-state index contributed by atoms with van der Waals surface area (Å²) in [5.74, 6) is 0.188. The molecule has 3 rings (SSSR count). The van der Waals surface area contributed by atoms with Crippen molar-refractivity contribution in [1.82, 2.24) is 29.5 Å². The topological polar surface area (TPSA) is 57.5 Å². The van der Waals surface area contributed by atoms with Gasteiger partial charge in [-0.25, -0.2) is 4.68 Å². The first-order valence-corrected chi connectivity index (χ1v) is 10.2. The van der Waals surface area contributed by atoms with Crippen molar-refractivity contribution in [1.29, 1.82) is 0 Å². The van der Waals surface area contributed by atoms with Crippen LogP contribution in [0.1, 0.15) is 30.8 Å². The van der Waals surface area contributed by atoms with E-state index in [0.717, 1.165) is 62.8 Å². The van der Waals surface area contributed by atoms with Crippen LogP contribution in [0.4, 0.5) is 0 Å². The van der Waals surface area contributed by atoms with Gasteiger partial charge in [-0.2, -0.15) is 5.10 Å². The third-order valence-corrected chi connectivity index (χ3v) is 5.51. The number of hydrogen-bond donors (Lipinski definition) is 0. The first kappa shape index (κ1) is 20.5. The number of rotatable bonds is 8. The maximum Gasteiger partial charge on any atom is 0.236 e. The number of pyridine rings is 1. The summed E-state index contributed by atoms with van der Waals surface area (Å²) in [5, 5.41) is 4.74. The lowest BCUT2D eigenvalue weighted by Gasteiger charge is -2.28. The molecule has 1 amide bonds. The highest BCUT2D eigenvalue weighted by molar-refractivity contribution is 5.78. The Kier molecular flexibility index (Phi) is 6.80. The maximum absolute atomic E-state index is 12.6. The molecule has 0 bridgehead atoms. The van der Waals surface area contributed by atoms with E-state index < -0.39 is 0 Å². The molecule has 0 atom stereocenters. The van der Waals surface area contributed by atoms with Gasteiger partial charge in [0, 0.05) is 63.3 Å². The lowest BCUT2D eigenvalue weighted by Crippen LogP contribution is -2.43. The molecule has 0 saturated heterocycles. The summed E-state index contributed by atoms with van der Waals surface area (Å²) in [4.78, 5) is 23.3. The molecular formula is C21H32N6O. The van der Waals surface area contributed by atoms with Crippen LogP contribution in [0.5, 0.6) is 0 Å². The molecule has 0 aromatic carbocycles. The van der Waals surface area contributed by atoms with Gasteiger partial charge in [0.1, 0.15) is 0 Å². The van der Waals surface area contributed by atoms with Crippen molar-refractivity contribution in [3.63, 3.8) is 0 Å². The Bertz CT molecular complexity index is 798. The zero-order valence-corrected chi connectivity index (χ0v) is 17.6. The smallest absolute Gasteiger partial charge is 0.236 e. The van der Waals surface area contributed by atoms with Crippen LogP contribution < -0.4 is 0 Å². The second-order valence-corrected chi connectivity index (χ2v) is 7.50. The molecule has 2 aromatic heterocycles. The van der Waals surface area contributed by atoms with Crippen molar-refractivity contribution in [2.75, 3.05) is 46.3 Å². The van der Waals surface area contributed by atoms with Gasteiger partial charge in [0.05, 0.1) is 17.9 Å². The molecular weight excluding hydrogens is 352 g/mol. The van der Waals surface area contributed by atoms with Crippen LogP contribution in [0.25, 0.3) is 5.69 Å². The van der Waals surface area contributed by atoms with Crippen molar-refractivity contribution in [2.24, 2.45) is 0 Å². The van der Waals surface area contributed by atoms with E-state index in [2.05, 4.69) is 34.8 Å². The molecule has 1 aliphatic rings. The summed E-state index contributed by atoms with van der Waals surface area (Å²) in [7, 11) is 1.91. The minimum Gasteiger partial charge on any atom is -0.343 e. The third kappa shape index (κ3) is 4.97. The van der Waals surface area contributed by atoms with Gasteiger partial charge >= 0.3 is 0 Å². The van der Waals surface area contributed by atoms with Crippen LogP contribution in [0.2, 0.25) is 0 Å². The molecule has 0 radical (unpaired) electrons. The number of likely N-dealkylation sites (N-methyl/N-ethyl adjacent to an activating group) is 2. The number of hydrogen-bond acceptors (Lipinski definition) is 5. The summed E-state index contributed by atoms with van der Waals surface area (Å²) in [5.41, 5.74) is 4.35. The molecule has 0 spiro atoms. The maximum atomic E-state index is 12.6. The Morgan fingerprint density at radius 1 is 1.25 bits per heavy atom. The van der Waals surface area contributed by atoms with Crippen LogP contribution in [0.3, 0.4) is 0 Å². The minimum atomic E-state index is 0.188. The first-order valence-electron chi connectivity index (χ1n) is 10.2. The fourth-order valence-electron chi connectivity index (χ4n) is 3.58. The van der Waals surface area contributed by atoms with Crippen molar-refractivity contribution in [3.05, 3.63) is 41.5 Å². The standard InChI is InChI=1S/C21H32N6O/c1-5-25(6-2)12-11-24(4)21(28)16-26-10-8-20-18(14-26)15-27(23-20)19-7-9-22-17(3)13-19/h7,9,13,15H,5-6,8,10-12,14,16H2,1-4H3. The molecule has 28 heavy (non-hydrogen) atoms. The quantitative estimate of drug-likeness (QED) is 0.694. The lowest BCUT2D eigenvalue weighted by molar-refractivity contribution is -0.131. The van der Waals surface area contributed by atoms with Crippen LogP contribution >= 0.6 is 0 Å². The van der Waals surface area contributed by atoms with E-state index in [1.165, 1.54) is 5.56 Å². The molecule has 0 saturated carbocycles. The number of aryl methyl sites for hydroxylation is 1. The van der Waals surface area contributed by atoms with Gasteiger partial charge < -0.3 is 9.80 Å². The van der Waals surface area contributed by atoms with E-state index in [1.807, 2.05) is 41.9 Å². The zero-order valence-electron chi connectivity index (χ0n) is 17.6. The Balaban J connectivity index is 1.57. The Hall–Kier alpha value is -2.25. The van der Waals surface area contributed by atoms with Gasteiger partial charge in [0.25, 0.3) is 0 Å². The normalized spacial score (nSPS) is 14.3. The first-order chi connectivity index (χ1) is 13.5. The number of fused-ring (bicyclic) bond motifs is 1. The molecule has 7 heteroatoms. The zero-order chi connectivity index (χ0) is 20.1. The van der Waals surface area contributed by atoms with Gasteiger partial charge in [-0.05, 0) is 32.1 Å². The molecule has 3 heterocycles. The van der Waals surface area contributed by atoms with E-state index in [4.69, 9.17) is 5.10 Å². The van der Waals surface area contributed by atoms with Crippen LogP contribution in [0, 0.1) is 6.92 Å².